The molecule has 23 heavy (non-hydrogen) atoms. The molecule has 1 fully saturated rings. The Morgan fingerprint density at radius 1 is 1.30 bits per heavy atom. The van der Waals surface area contributed by atoms with Crippen molar-refractivity contribution in [2.45, 2.75) is 51.6 Å². The Labute approximate surface area is 135 Å². The van der Waals surface area contributed by atoms with E-state index in [9.17, 15) is 4.79 Å². The summed E-state index contributed by atoms with van der Waals surface area (Å²) in [4.78, 5) is 16.0. The zero-order chi connectivity index (χ0) is 16.1. The van der Waals surface area contributed by atoms with E-state index in [4.69, 9.17) is 9.26 Å². The number of carbonyl (C=O) groups excluding carboxylic acids is 1. The third-order valence-corrected chi connectivity index (χ3v) is 3.88. The summed E-state index contributed by atoms with van der Waals surface area (Å²) in [5, 5.41) is 6.55. The topological polar surface area (TPSA) is 77.2 Å². The predicted octanol–water partition coefficient (Wildman–Crippen LogP) is 3.27. The van der Waals surface area contributed by atoms with Crippen molar-refractivity contribution in [3.63, 3.8) is 0 Å². The number of hydrogen-bond donors (Lipinski definition) is 1. The quantitative estimate of drug-likeness (QED) is 0.885. The van der Waals surface area contributed by atoms with Gasteiger partial charge in [0.1, 0.15) is 5.75 Å². The van der Waals surface area contributed by atoms with Crippen LogP contribution in [0.2, 0.25) is 0 Å². The van der Waals surface area contributed by atoms with Gasteiger partial charge in [0.2, 0.25) is 11.8 Å². The highest BCUT2D eigenvalue weighted by Crippen LogP contribution is 2.25. The maximum absolute atomic E-state index is 11.9. The van der Waals surface area contributed by atoms with Crippen molar-refractivity contribution in [1.29, 1.82) is 0 Å². The molecule has 1 aromatic heterocycles. The number of ether oxygens (including phenoxy) is 1. The molecule has 122 valence electrons. The van der Waals surface area contributed by atoms with E-state index in [2.05, 4.69) is 15.5 Å². The molecule has 1 amide bonds. The molecular weight excluding hydrogens is 294 g/mol. The Morgan fingerprint density at radius 3 is 2.70 bits per heavy atom. The van der Waals surface area contributed by atoms with Gasteiger partial charge < -0.3 is 14.6 Å². The maximum atomic E-state index is 11.9. The minimum absolute atomic E-state index is 0.0784. The lowest BCUT2D eigenvalue weighted by Crippen LogP contribution is -2.13. The number of rotatable bonds is 6. The molecule has 1 aromatic carbocycles. The van der Waals surface area contributed by atoms with Crippen LogP contribution in [0.3, 0.4) is 0 Å². The Bertz CT molecular complexity index is 645. The number of anilines is 1. The third kappa shape index (κ3) is 4.55. The van der Waals surface area contributed by atoms with Crippen LogP contribution in [0.5, 0.6) is 5.75 Å². The summed E-state index contributed by atoms with van der Waals surface area (Å²) in [6.45, 7) is 1.75. The fraction of sp³-hybridized carbons (Fsp3) is 0.471. The average Bonchev–Trinajstić information content (AvgIpc) is 3.19. The Hall–Kier alpha value is -2.37. The van der Waals surface area contributed by atoms with E-state index < -0.39 is 0 Å². The van der Waals surface area contributed by atoms with Gasteiger partial charge in [-0.1, -0.05) is 5.16 Å². The maximum Gasteiger partial charge on any atom is 0.227 e. The second-order valence-corrected chi connectivity index (χ2v) is 5.83. The lowest BCUT2D eigenvalue weighted by atomic mass is 10.2. The van der Waals surface area contributed by atoms with Crippen LogP contribution in [0.1, 0.15) is 43.8 Å². The van der Waals surface area contributed by atoms with E-state index in [1.54, 1.807) is 6.92 Å². The fourth-order valence-electron chi connectivity index (χ4n) is 2.70. The zero-order valence-electron chi connectivity index (χ0n) is 13.2. The molecule has 1 N–H and O–H groups in total. The van der Waals surface area contributed by atoms with Crippen LogP contribution in [0.15, 0.2) is 28.8 Å². The lowest BCUT2D eigenvalue weighted by Gasteiger charge is -2.13. The van der Waals surface area contributed by atoms with Gasteiger partial charge in [-0.2, -0.15) is 4.98 Å². The Morgan fingerprint density at radius 2 is 2.04 bits per heavy atom. The van der Waals surface area contributed by atoms with Crippen molar-refractivity contribution < 1.29 is 14.1 Å². The predicted molar refractivity (Wildman–Crippen MR) is 85.3 cm³/mol. The lowest BCUT2D eigenvalue weighted by molar-refractivity contribution is -0.116. The summed E-state index contributed by atoms with van der Waals surface area (Å²) in [7, 11) is 0. The number of aryl methyl sites for hydroxylation is 2. The molecule has 0 spiro atoms. The molecule has 1 heterocycles. The van der Waals surface area contributed by atoms with E-state index in [1.165, 1.54) is 12.8 Å². The molecule has 0 saturated heterocycles. The number of aromatic nitrogens is 2. The number of carbonyl (C=O) groups is 1. The highest BCUT2D eigenvalue weighted by atomic mass is 16.5. The van der Waals surface area contributed by atoms with Gasteiger partial charge in [-0.25, -0.2) is 0 Å². The summed E-state index contributed by atoms with van der Waals surface area (Å²) in [5.74, 6) is 1.85. The molecule has 2 aromatic rings. The molecule has 0 aliphatic heterocycles. The van der Waals surface area contributed by atoms with Gasteiger partial charge in [0.25, 0.3) is 0 Å². The molecule has 0 radical (unpaired) electrons. The molecule has 6 nitrogen and oxygen atoms in total. The molecule has 1 saturated carbocycles. The van der Waals surface area contributed by atoms with Gasteiger partial charge in [-0.15, -0.1) is 0 Å². The van der Waals surface area contributed by atoms with Crippen molar-refractivity contribution in [2.75, 3.05) is 5.32 Å². The van der Waals surface area contributed by atoms with Crippen LogP contribution < -0.4 is 10.1 Å². The van der Waals surface area contributed by atoms with E-state index in [-0.39, 0.29) is 5.91 Å². The number of nitrogens with one attached hydrogen (secondary N) is 1. The van der Waals surface area contributed by atoms with Gasteiger partial charge in [-0.05, 0) is 56.9 Å². The van der Waals surface area contributed by atoms with E-state index in [1.807, 2.05) is 24.3 Å². The molecule has 6 heteroatoms. The van der Waals surface area contributed by atoms with Crippen LogP contribution in [-0.4, -0.2) is 22.2 Å². The van der Waals surface area contributed by atoms with Gasteiger partial charge >= 0.3 is 0 Å². The van der Waals surface area contributed by atoms with Crippen LogP contribution in [0.4, 0.5) is 5.69 Å². The summed E-state index contributed by atoms with van der Waals surface area (Å²) >= 11 is 0. The highest BCUT2D eigenvalue weighted by Gasteiger charge is 2.16. The van der Waals surface area contributed by atoms with Crippen molar-refractivity contribution in [2.24, 2.45) is 0 Å². The summed E-state index contributed by atoms with van der Waals surface area (Å²) in [6.07, 6.45) is 5.85. The molecule has 3 rings (SSSR count). The van der Waals surface area contributed by atoms with Crippen LogP contribution in [0.25, 0.3) is 0 Å². The first-order valence-electron chi connectivity index (χ1n) is 8.05. The number of hydrogen-bond acceptors (Lipinski definition) is 5. The minimum Gasteiger partial charge on any atom is -0.490 e. The SMILES string of the molecule is Cc1noc(CCC(=O)Nc2ccc(OC3CCCC3)cc2)n1. The van der Waals surface area contributed by atoms with Gasteiger partial charge in [-0.3, -0.25) is 4.79 Å². The Kier molecular flexibility index (Phi) is 4.90. The van der Waals surface area contributed by atoms with Crippen LogP contribution >= 0.6 is 0 Å². The summed E-state index contributed by atoms with van der Waals surface area (Å²) < 4.78 is 10.9. The largest absolute Gasteiger partial charge is 0.490 e. The standard InChI is InChI=1S/C17H21N3O3/c1-12-18-17(23-20-12)11-10-16(21)19-13-6-8-15(9-7-13)22-14-4-2-3-5-14/h6-9,14H,2-5,10-11H2,1H3,(H,19,21). The zero-order valence-corrected chi connectivity index (χ0v) is 13.2. The first kappa shape index (κ1) is 15.5. The average molecular weight is 315 g/mol. The molecule has 0 unspecified atom stereocenters. The Balaban J connectivity index is 1.46. The third-order valence-electron chi connectivity index (χ3n) is 3.88. The molecule has 1 aliphatic rings. The van der Waals surface area contributed by atoms with Crippen LogP contribution in [0, 0.1) is 6.92 Å². The molecule has 1 aliphatic carbocycles. The van der Waals surface area contributed by atoms with Gasteiger partial charge in [0.15, 0.2) is 5.82 Å². The fourth-order valence-corrected chi connectivity index (χ4v) is 2.70. The normalized spacial score (nSPS) is 14.8. The number of nitrogens with zero attached hydrogens (tertiary/aromatic N) is 2. The summed E-state index contributed by atoms with van der Waals surface area (Å²) in [6, 6.07) is 7.52. The molecule has 0 atom stereocenters. The van der Waals surface area contributed by atoms with Crippen molar-refractivity contribution in [3.8, 4) is 5.75 Å². The van der Waals surface area contributed by atoms with Gasteiger partial charge in [0.05, 0.1) is 6.10 Å². The monoisotopic (exact) mass is 315 g/mol. The molecular formula is C17H21N3O3. The first-order valence-corrected chi connectivity index (χ1v) is 8.05. The second-order valence-electron chi connectivity index (χ2n) is 5.83. The minimum atomic E-state index is -0.0784. The highest BCUT2D eigenvalue weighted by molar-refractivity contribution is 5.90. The van der Waals surface area contributed by atoms with Gasteiger partial charge in [0, 0.05) is 18.5 Å². The number of benzene rings is 1. The van der Waals surface area contributed by atoms with Crippen molar-refractivity contribution in [1.82, 2.24) is 10.1 Å². The van der Waals surface area contributed by atoms with E-state index in [0.29, 0.717) is 30.7 Å². The van der Waals surface area contributed by atoms with E-state index in [0.717, 1.165) is 24.3 Å². The van der Waals surface area contributed by atoms with Crippen molar-refractivity contribution in [3.05, 3.63) is 36.0 Å². The molecule has 0 bridgehead atoms. The summed E-state index contributed by atoms with van der Waals surface area (Å²) in [5.41, 5.74) is 0.760. The second kappa shape index (κ2) is 7.26. The van der Waals surface area contributed by atoms with Crippen molar-refractivity contribution >= 4 is 11.6 Å². The van der Waals surface area contributed by atoms with E-state index >= 15 is 0 Å². The van der Waals surface area contributed by atoms with Crippen LogP contribution in [-0.2, 0) is 11.2 Å². The number of amides is 1. The first-order chi connectivity index (χ1) is 11.2. The smallest absolute Gasteiger partial charge is 0.227 e.